The predicted octanol–water partition coefficient (Wildman–Crippen LogP) is 3.34. The number of hydrogen-bond donors (Lipinski definition) is 3. The summed E-state index contributed by atoms with van der Waals surface area (Å²) in [6, 6.07) is 8.67. The molecule has 11 nitrogen and oxygen atoms in total. The number of carbonyl (C=O) groups is 2. The summed E-state index contributed by atoms with van der Waals surface area (Å²) in [5, 5.41) is 6.05. The molecule has 2 amide bonds. The lowest BCUT2D eigenvalue weighted by Crippen LogP contribution is -2.50. The number of carbonyl (C=O) groups excluding carboxylic acids is 2. The summed E-state index contributed by atoms with van der Waals surface area (Å²) in [4.78, 5) is 36.1. The van der Waals surface area contributed by atoms with Crippen LogP contribution in [0.1, 0.15) is 46.6 Å². The molecule has 2 heterocycles. The van der Waals surface area contributed by atoms with E-state index in [1.165, 1.54) is 31.2 Å². The highest BCUT2D eigenvalue weighted by molar-refractivity contribution is 7.87. The summed E-state index contributed by atoms with van der Waals surface area (Å²) in [6.07, 6.45) is 5.44. The van der Waals surface area contributed by atoms with Gasteiger partial charge in [0.1, 0.15) is 6.04 Å². The molecule has 2 aromatic heterocycles. The number of methoxy groups -OCH3 is 1. The maximum absolute atomic E-state index is 13.6. The molecule has 3 N–H and O–H groups in total. The Hall–Kier alpha value is -3.55. The molecule has 202 valence electrons. The zero-order valence-electron chi connectivity index (χ0n) is 20.9. The van der Waals surface area contributed by atoms with Crippen molar-refractivity contribution in [3.8, 4) is 0 Å². The molecular formula is C25H29N5O6S2. The standard InChI is InChI=1S/C25H29N5O6S2/c1-30(25(32)36-2)22(14-17-9-11-26-12-10-17)23(31)27-20(21-15-37-24(28-21)18-5-6-18)13-16-3-7-19(8-4-16)29-38(33,34)35/h3-4,7-12,15,18,20,22,29H,5-6,13-14H2,1-2H3,(H,27,31)(H,33,34,35)/t20-,22-/m0/s1. The van der Waals surface area contributed by atoms with E-state index in [2.05, 4.69) is 10.3 Å². The molecule has 2 atom stereocenters. The number of rotatable bonds is 11. The minimum atomic E-state index is -4.39. The van der Waals surface area contributed by atoms with Crippen molar-refractivity contribution in [1.29, 1.82) is 0 Å². The van der Waals surface area contributed by atoms with Crippen LogP contribution >= 0.6 is 11.3 Å². The fourth-order valence-electron chi connectivity index (χ4n) is 3.99. The van der Waals surface area contributed by atoms with E-state index in [1.807, 2.05) is 10.1 Å². The third kappa shape index (κ3) is 7.49. The van der Waals surface area contributed by atoms with Gasteiger partial charge in [-0.2, -0.15) is 8.42 Å². The highest BCUT2D eigenvalue weighted by Gasteiger charge is 2.32. The predicted molar refractivity (Wildman–Crippen MR) is 142 cm³/mol. The maximum Gasteiger partial charge on any atom is 0.409 e. The van der Waals surface area contributed by atoms with Gasteiger partial charge in [0.2, 0.25) is 5.91 Å². The van der Waals surface area contributed by atoms with Crippen LogP contribution in [0.3, 0.4) is 0 Å². The smallest absolute Gasteiger partial charge is 0.409 e. The van der Waals surface area contributed by atoms with Crippen LogP contribution in [0, 0.1) is 0 Å². The Morgan fingerprint density at radius 1 is 1.13 bits per heavy atom. The summed E-state index contributed by atoms with van der Waals surface area (Å²) in [7, 11) is -1.61. The number of amides is 2. The molecule has 13 heteroatoms. The number of aromatic nitrogens is 2. The van der Waals surface area contributed by atoms with Crippen LogP contribution in [-0.2, 0) is 32.7 Å². The average Bonchev–Trinajstić information content (AvgIpc) is 3.63. The van der Waals surface area contributed by atoms with Gasteiger partial charge < -0.3 is 10.1 Å². The number of ether oxygens (including phenoxy) is 1. The highest BCUT2D eigenvalue weighted by atomic mass is 32.2. The molecule has 0 unspecified atom stereocenters. The molecule has 0 saturated heterocycles. The van der Waals surface area contributed by atoms with Gasteiger partial charge in [-0.1, -0.05) is 12.1 Å². The van der Waals surface area contributed by atoms with Gasteiger partial charge in [0.25, 0.3) is 0 Å². The van der Waals surface area contributed by atoms with Crippen molar-refractivity contribution in [2.24, 2.45) is 0 Å². The van der Waals surface area contributed by atoms with E-state index >= 15 is 0 Å². The van der Waals surface area contributed by atoms with Crippen molar-refractivity contribution in [2.45, 2.75) is 43.7 Å². The summed E-state index contributed by atoms with van der Waals surface area (Å²) in [5.74, 6) is 0.0890. The molecule has 1 aromatic carbocycles. The third-order valence-electron chi connectivity index (χ3n) is 6.19. The lowest BCUT2D eigenvalue weighted by atomic mass is 10.0. The van der Waals surface area contributed by atoms with Crippen LogP contribution in [0.15, 0.2) is 54.2 Å². The minimum absolute atomic E-state index is 0.207. The fourth-order valence-corrected chi connectivity index (χ4v) is 5.47. The quantitative estimate of drug-likeness (QED) is 0.303. The molecule has 38 heavy (non-hydrogen) atoms. The largest absolute Gasteiger partial charge is 0.453 e. The molecule has 1 fully saturated rings. The SMILES string of the molecule is COC(=O)N(C)[C@@H](Cc1ccncc1)C(=O)N[C@@H](Cc1ccc(NS(=O)(=O)O)cc1)c1csc(C2CC2)n1. The van der Waals surface area contributed by atoms with Crippen molar-refractivity contribution in [3.63, 3.8) is 0 Å². The second-order valence-electron chi connectivity index (χ2n) is 9.08. The molecule has 0 radical (unpaired) electrons. The molecule has 0 spiro atoms. The second kappa shape index (κ2) is 11.9. The summed E-state index contributed by atoms with van der Waals surface area (Å²) >= 11 is 1.56. The first-order chi connectivity index (χ1) is 18.1. The third-order valence-corrected chi connectivity index (χ3v) is 7.71. The molecule has 4 rings (SSSR count). The fraction of sp³-hybridized carbons (Fsp3) is 0.360. The van der Waals surface area contributed by atoms with Crippen molar-refractivity contribution in [1.82, 2.24) is 20.2 Å². The number of anilines is 1. The van der Waals surface area contributed by atoms with E-state index in [0.29, 0.717) is 18.0 Å². The number of benzene rings is 1. The van der Waals surface area contributed by atoms with Crippen molar-refractivity contribution in [3.05, 3.63) is 76.0 Å². The van der Waals surface area contributed by atoms with Crippen LogP contribution in [0.2, 0.25) is 0 Å². The zero-order chi connectivity index (χ0) is 27.3. The van der Waals surface area contributed by atoms with E-state index < -0.39 is 28.5 Å². The maximum atomic E-state index is 13.6. The Morgan fingerprint density at radius 3 is 2.39 bits per heavy atom. The molecule has 3 aromatic rings. The molecule has 1 aliphatic carbocycles. The van der Waals surface area contributed by atoms with Crippen LogP contribution in [-0.4, -0.2) is 60.0 Å². The van der Waals surface area contributed by atoms with Gasteiger partial charge in [0.15, 0.2) is 0 Å². The van der Waals surface area contributed by atoms with Gasteiger partial charge in [0.05, 0.1) is 29.5 Å². The lowest BCUT2D eigenvalue weighted by molar-refractivity contribution is -0.126. The number of nitrogens with zero attached hydrogens (tertiary/aromatic N) is 3. The van der Waals surface area contributed by atoms with E-state index in [4.69, 9.17) is 14.3 Å². The number of pyridine rings is 1. The van der Waals surface area contributed by atoms with Crippen LogP contribution in [0.5, 0.6) is 0 Å². The molecule has 1 saturated carbocycles. The van der Waals surface area contributed by atoms with Crippen molar-refractivity contribution in [2.75, 3.05) is 18.9 Å². The Morgan fingerprint density at radius 2 is 1.79 bits per heavy atom. The van der Waals surface area contributed by atoms with Crippen LogP contribution in [0.4, 0.5) is 10.5 Å². The first-order valence-corrected chi connectivity index (χ1v) is 14.2. The Balaban J connectivity index is 1.58. The lowest BCUT2D eigenvalue weighted by Gasteiger charge is -2.28. The van der Waals surface area contributed by atoms with Gasteiger partial charge in [-0.25, -0.2) is 9.78 Å². The van der Waals surface area contributed by atoms with E-state index in [0.717, 1.165) is 29.0 Å². The zero-order valence-corrected chi connectivity index (χ0v) is 22.5. The highest BCUT2D eigenvalue weighted by Crippen LogP contribution is 2.42. The van der Waals surface area contributed by atoms with Crippen molar-refractivity contribution >= 4 is 39.3 Å². The van der Waals surface area contributed by atoms with Gasteiger partial charge in [-0.05, 0) is 54.7 Å². The molecule has 0 aliphatic heterocycles. The van der Waals surface area contributed by atoms with E-state index in [1.54, 1.807) is 48.0 Å². The van der Waals surface area contributed by atoms with Crippen LogP contribution < -0.4 is 10.0 Å². The van der Waals surface area contributed by atoms with Crippen molar-refractivity contribution < 1.29 is 27.3 Å². The molecule has 1 aliphatic rings. The number of thiazole rings is 1. The first kappa shape index (κ1) is 27.5. The second-order valence-corrected chi connectivity index (χ2v) is 11.1. The van der Waals surface area contributed by atoms with Gasteiger partial charge in [-0.3, -0.25) is 24.0 Å². The Bertz CT molecular complexity index is 1360. The number of likely N-dealkylation sites (N-methyl/N-ethyl adjacent to an activating group) is 1. The van der Waals surface area contributed by atoms with Gasteiger partial charge >= 0.3 is 16.4 Å². The van der Waals surface area contributed by atoms with E-state index in [9.17, 15) is 18.0 Å². The molecule has 0 bridgehead atoms. The first-order valence-electron chi connectivity index (χ1n) is 11.9. The monoisotopic (exact) mass is 559 g/mol. The Labute approximate surface area is 225 Å². The number of nitrogens with one attached hydrogen (secondary N) is 2. The summed E-state index contributed by atoms with van der Waals surface area (Å²) in [6.45, 7) is 0. The minimum Gasteiger partial charge on any atom is -0.453 e. The summed E-state index contributed by atoms with van der Waals surface area (Å²) < 4.78 is 38.1. The normalized spacial score (nSPS) is 14.8. The Kier molecular flexibility index (Phi) is 8.59. The van der Waals surface area contributed by atoms with E-state index in [-0.39, 0.29) is 18.0 Å². The summed E-state index contributed by atoms with van der Waals surface area (Å²) in [5.41, 5.74) is 2.57. The van der Waals surface area contributed by atoms with Gasteiger partial charge in [-0.15, -0.1) is 11.3 Å². The van der Waals surface area contributed by atoms with Crippen LogP contribution in [0.25, 0.3) is 0 Å². The molecular weight excluding hydrogens is 530 g/mol. The topological polar surface area (TPSA) is 151 Å². The average molecular weight is 560 g/mol. The van der Waals surface area contributed by atoms with Gasteiger partial charge in [0, 0.05) is 37.2 Å². The number of hydrogen-bond acceptors (Lipinski definition) is 8.